The maximum Gasteiger partial charge on any atom is 0.137 e. The van der Waals surface area contributed by atoms with Crippen LogP contribution in [0.15, 0.2) is 18.5 Å². The van der Waals surface area contributed by atoms with Crippen molar-refractivity contribution in [3.8, 4) is 5.75 Å². The number of nitrogens with zero attached hydrogens (tertiary/aromatic N) is 1. The smallest absolute Gasteiger partial charge is 0.137 e. The highest BCUT2D eigenvalue weighted by molar-refractivity contribution is 5.28. The zero-order valence-corrected chi connectivity index (χ0v) is 11.0. The van der Waals surface area contributed by atoms with Crippen LogP contribution in [0.25, 0.3) is 0 Å². The Hall–Kier alpha value is -1.09. The first-order valence-corrected chi connectivity index (χ1v) is 6.44. The first-order valence-electron chi connectivity index (χ1n) is 6.44. The van der Waals surface area contributed by atoms with E-state index in [0.29, 0.717) is 11.5 Å². The third kappa shape index (κ3) is 2.78. The van der Waals surface area contributed by atoms with Crippen LogP contribution < -0.4 is 10.1 Å². The van der Waals surface area contributed by atoms with E-state index >= 15 is 0 Å². The Kier molecular flexibility index (Phi) is 3.67. The number of ether oxygens (including phenoxy) is 1. The van der Waals surface area contributed by atoms with Crippen LogP contribution in [0, 0.1) is 5.41 Å². The molecule has 17 heavy (non-hydrogen) atoms. The Bertz CT molecular complexity index is 374. The molecule has 1 aromatic rings. The van der Waals surface area contributed by atoms with Gasteiger partial charge in [-0.25, -0.2) is 0 Å². The molecule has 2 rings (SSSR count). The molecule has 1 N–H and O–H groups in total. The van der Waals surface area contributed by atoms with Crippen LogP contribution in [0.2, 0.25) is 0 Å². The molecule has 1 atom stereocenters. The third-order valence-electron chi connectivity index (χ3n) is 3.56. The molecule has 1 aromatic heterocycles. The first kappa shape index (κ1) is 12.4. The van der Waals surface area contributed by atoms with E-state index in [1.54, 1.807) is 6.20 Å². The van der Waals surface area contributed by atoms with Gasteiger partial charge in [-0.3, -0.25) is 4.98 Å². The summed E-state index contributed by atoms with van der Waals surface area (Å²) < 4.78 is 5.63. The van der Waals surface area contributed by atoms with Crippen LogP contribution in [0.4, 0.5) is 0 Å². The van der Waals surface area contributed by atoms with E-state index in [1.807, 2.05) is 13.2 Å². The van der Waals surface area contributed by atoms with Gasteiger partial charge in [-0.05, 0) is 43.4 Å². The number of aromatic nitrogens is 1. The molecule has 1 aliphatic carbocycles. The highest BCUT2D eigenvalue weighted by Crippen LogP contribution is 2.54. The summed E-state index contributed by atoms with van der Waals surface area (Å²) in [4.78, 5) is 4.28. The van der Waals surface area contributed by atoms with Crippen molar-refractivity contribution >= 4 is 0 Å². The molecule has 3 nitrogen and oxygen atoms in total. The largest absolute Gasteiger partial charge is 0.492 e. The van der Waals surface area contributed by atoms with Crippen LogP contribution in [0.3, 0.4) is 0 Å². The molecule has 94 valence electrons. The van der Waals surface area contributed by atoms with Gasteiger partial charge in [0, 0.05) is 12.2 Å². The number of hydrogen-bond donors (Lipinski definition) is 1. The van der Waals surface area contributed by atoms with Crippen LogP contribution in [0.5, 0.6) is 5.75 Å². The van der Waals surface area contributed by atoms with Crippen molar-refractivity contribution in [1.29, 1.82) is 0 Å². The standard InChI is InChI=1S/C14H22N2O/c1-4-7-17-12-8-11(9-16-10-12)13(15-3)14(2)5-6-14/h8-10,13,15H,4-7H2,1-3H3. The molecule has 0 spiro atoms. The van der Waals surface area contributed by atoms with Gasteiger partial charge in [-0.2, -0.15) is 0 Å². The Morgan fingerprint density at radius 2 is 2.24 bits per heavy atom. The molecule has 0 bridgehead atoms. The van der Waals surface area contributed by atoms with E-state index < -0.39 is 0 Å². The maximum atomic E-state index is 5.63. The molecule has 0 saturated heterocycles. The summed E-state index contributed by atoms with van der Waals surface area (Å²) in [7, 11) is 2.02. The lowest BCUT2D eigenvalue weighted by atomic mass is 9.93. The molecule has 3 heteroatoms. The molecular weight excluding hydrogens is 212 g/mol. The Morgan fingerprint density at radius 3 is 2.82 bits per heavy atom. The van der Waals surface area contributed by atoms with Crippen LogP contribution in [-0.2, 0) is 0 Å². The van der Waals surface area contributed by atoms with E-state index in [0.717, 1.165) is 18.8 Å². The van der Waals surface area contributed by atoms with Crippen molar-refractivity contribution in [2.24, 2.45) is 5.41 Å². The van der Waals surface area contributed by atoms with Crippen molar-refractivity contribution in [1.82, 2.24) is 10.3 Å². The summed E-state index contributed by atoms with van der Waals surface area (Å²) in [6.07, 6.45) is 7.35. The van der Waals surface area contributed by atoms with Gasteiger partial charge in [-0.15, -0.1) is 0 Å². The second kappa shape index (κ2) is 5.05. The summed E-state index contributed by atoms with van der Waals surface area (Å²) in [5, 5.41) is 3.41. The number of rotatable bonds is 6. The highest BCUT2D eigenvalue weighted by atomic mass is 16.5. The van der Waals surface area contributed by atoms with Crippen molar-refractivity contribution in [2.45, 2.75) is 39.2 Å². The minimum atomic E-state index is 0.389. The molecule has 1 saturated carbocycles. The summed E-state index contributed by atoms with van der Waals surface area (Å²) in [6.45, 7) is 5.19. The van der Waals surface area contributed by atoms with Crippen molar-refractivity contribution in [3.05, 3.63) is 24.0 Å². The summed E-state index contributed by atoms with van der Waals surface area (Å²) in [6, 6.07) is 2.51. The van der Waals surface area contributed by atoms with Gasteiger partial charge in [0.1, 0.15) is 5.75 Å². The van der Waals surface area contributed by atoms with Gasteiger partial charge in [0.15, 0.2) is 0 Å². The van der Waals surface area contributed by atoms with Gasteiger partial charge < -0.3 is 10.1 Å². The van der Waals surface area contributed by atoms with E-state index in [-0.39, 0.29) is 0 Å². The van der Waals surface area contributed by atoms with Crippen LogP contribution in [0.1, 0.15) is 44.7 Å². The molecule has 1 fully saturated rings. The zero-order valence-electron chi connectivity index (χ0n) is 11.0. The Morgan fingerprint density at radius 1 is 1.47 bits per heavy atom. The van der Waals surface area contributed by atoms with Gasteiger partial charge >= 0.3 is 0 Å². The topological polar surface area (TPSA) is 34.1 Å². The Balaban J connectivity index is 2.13. The molecule has 1 aliphatic rings. The van der Waals surface area contributed by atoms with Crippen LogP contribution in [-0.4, -0.2) is 18.6 Å². The summed E-state index contributed by atoms with van der Waals surface area (Å²) in [5.41, 5.74) is 1.64. The minimum absolute atomic E-state index is 0.389. The summed E-state index contributed by atoms with van der Waals surface area (Å²) >= 11 is 0. The molecular formula is C14H22N2O. The lowest BCUT2D eigenvalue weighted by Crippen LogP contribution is -2.24. The molecule has 0 aromatic carbocycles. The van der Waals surface area contributed by atoms with Gasteiger partial charge in [-0.1, -0.05) is 13.8 Å². The van der Waals surface area contributed by atoms with E-state index in [9.17, 15) is 0 Å². The van der Waals surface area contributed by atoms with E-state index in [1.165, 1.54) is 18.4 Å². The normalized spacial score (nSPS) is 18.8. The predicted molar refractivity (Wildman–Crippen MR) is 69.2 cm³/mol. The first-order chi connectivity index (χ1) is 8.19. The quantitative estimate of drug-likeness (QED) is 0.821. The van der Waals surface area contributed by atoms with E-state index in [4.69, 9.17) is 4.74 Å². The second-order valence-corrected chi connectivity index (χ2v) is 5.18. The molecule has 0 radical (unpaired) electrons. The third-order valence-corrected chi connectivity index (χ3v) is 3.56. The monoisotopic (exact) mass is 234 g/mol. The molecule has 1 heterocycles. The fraction of sp³-hybridized carbons (Fsp3) is 0.643. The van der Waals surface area contributed by atoms with Crippen molar-refractivity contribution < 1.29 is 4.74 Å². The van der Waals surface area contributed by atoms with Crippen molar-refractivity contribution in [3.63, 3.8) is 0 Å². The average Bonchev–Trinajstić information content (AvgIpc) is 3.07. The number of hydrogen-bond acceptors (Lipinski definition) is 3. The average molecular weight is 234 g/mol. The molecule has 1 unspecified atom stereocenters. The fourth-order valence-electron chi connectivity index (χ4n) is 2.30. The van der Waals surface area contributed by atoms with E-state index in [2.05, 4.69) is 30.2 Å². The molecule has 0 amide bonds. The van der Waals surface area contributed by atoms with Crippen LogP contribution >= 0.6 is 0 Å². The number of nitrogens with one attached hydrogen (secondary N) is 1. The zero-order chi connectivity index (χ0) is 12.3. The second-order valence-electron chi connectivity index (χ2n) is 5.18. The van der Waals surface area contributed by atoms with Gasteiger partial charge in [0.05, 0.1) is 12.8 Å². The Labute approximate surface area is 104 Å². The lowest BCUT2D eigenvalue weighted by molar-refractivity contribution is 0.314. The lowest BCUT2D eigenvalue weighted by Gasteiger charge is -2.23. The maximum absolute atomic E-state index is 5.63. The predicted octanol–water partition coefficient (Wildman–Crippen LogP) is 2.93. The highest BCUT2D eigenvalue weighted by Gasteiger charge is 2.44. The van der Waals surface area contributed by atoms with Gasteiger partial charge in [0.2, 0.25) is 0 Å². The van der Waals surface area contributed by atoms with Crippen molar-refractivity contribution in [2.75, 3.05) is 13.7 Å². The minimum Gasteiger partial charge on any atom is -0.492 e. The number of pyridine rings is 1. The summed E-state index contributed by atoms with van der Waals surface area (Å²) in [5.74, 6) is 0.883. The SMILES string of the molecule is CCCOc1cncc(C(NC)C2(C)CC2)c1. The fourth-order valence-corrected chi connectivity index (χ4v) is 2.30. The molecule has 0 aliphatic heterocycles. The van der Waals surface area contributed by atoms with Gasteiger partial charge in [0.25, 0.3) is 0 Å².